The van der Waals surface area contributed by atoms with Crippen LogP contribution >= 0.6 is 11.6 Å². The molecule has 2 heterocycles. The molecule has 0 atom stereocenters. The fourth-order valence-corrected chi connectivity index (χ4v) is 4.14. The van der Waals surface area contributed by atoms with E-state index in [2.05, 4.69) is 10.00 Å². The SMILES string of the molecule is Cc1nn(C)c(Cl)c1CN1CCCN(C(=O)Cc2ccc(C(F)(F)F)cc2C(F)(F)F)CC1. The van der Waals surface area contributed by atoms with Crippen LogP contribution in [0.5, 0.6) is 0 Å². The molecule has 0 aliphatic carbocycles. The quantitative estimate of drug-likeness (QED) is 0.576. The van der Waals surface area contributed by atoms with Crippen molar-refractivity contribution in [1.29, 1.82) is 0 Å². The van der Waals surface area contributed by atoms with Gasteiger partial charge in [0.25, 0.3) is 0 Å². The summed E-state index contributed by atoms with van der Waals surface area (Å²) in [6, 6.07) is 1.37. The maximum absolute atomic E-state index is 13.4. The van der Waals surface area contributed by atoms with E-state index in [0.717, 1.165) is 17.3 Å². The molecule has 182 valence electrons. The molecule has 0 N–H and O–H groups in total. The first-order chi connectivity index (χ1) is 15.3. The second-order valence-electron chi connectivity index (χ2n) is 8.03. The van der Waals surface area contributed by atoms with Gasteiger partial charge in [-0.2, -0.15) is 31.4 Å². The summed E-state index contributed by atoms with van der Waals surface area (Å²) in [6.45, 7) is 4.14. The maximum Gasteiger partial charge on any atom is 0.416 e. The van der Waals surface area contributed by atoms with Gasteiger partial charge in [-0.15, -0.1) is 0 Å². The summed E-state index contributed by atoms with van der Waals surface area (Å²) in [5.74, 6) is -0.558. The van der Waals surface area contributed by atoms with Crippen LogP contribution in [-0.2, 0) is 37.2 Å². The Hall–Kier alpha value is -2.27. The number of rotatable bonds is 4. The van der Waals surface area contributed by atoms with E-state index < -0.39 is 41.4 Å². The average molecular weight is 497 g/mol. The first-order valence-corrected chi connectivity index (χ1v) is 10.6. The third kappa shape index (κ3) is 6.00. The molecule has 2 aromatic rings. The standard InChI is InChI=1S/C21H23ClF6N4O/c1-13-16(19(22)30(2)29-13)12-31-6-3-7-32(9-8-31)18(33)10-14-4-5-15(20(23,24)25)11-17(14)21(26,27)28/h4-5,11H,3,6-10,12H2,1-2H3. The third-order valence-electron chi connectivity index (χ3n) is 5.68. The molecule has 1 aromatic heterocycles. The summed E-state index contributed by atoms with van der Waals surface area (Å²) in [4.78, 5) is 16.3. The van der Waals surface area contributed by atoms with Crippen molar-refractivity contribution in [3.05, 3.63) is 51.3 Å². The number of carbonyl (C=O) groups is 1. The summed E-state index contributed by atoms with van der Waals surface area (Å²) >= 11 is 6.28. The number of halogens is 7. The second-order valence-corrected chi connectivity index (χ2v) is 8.39. The fraction of sp³-hybridized carbons (Fsp3) is 0.524. The molecule has 1 aliphatic heterocycles. The lowest BCUT2D eigenvalue weighted by Crippen LogP contribution is -2.36. The van der Waals surface area contributed by atoms with Gasteiger partial charge in [-0.3, -0.25) is 14.4 Å². The molecule has 0 bridgehead atoms. The van der Waals surface area contributed by atoms with Crippen molar-refractivity contribution in [2.45, 2.75) is 38.7 Å². The molecule has 5 nitrogen and oxygen atoms in total. The fourth-order valence-electron chi connectivity index (χ4n) is 3.90. The zero-order valence-electron chi connectivity index (χ0n) is 18.0. The van der Waals surface area contributed by atoms with Crippen LogP contribution < -0.4 is 0 Å². The number of benzene rings is 1. The molecule has 12 heteroatoms. The van der Waals surface area contributed by atoms with Gasteiger partial charge in [0.15, 0.2) is 0 Å². The molecule has 1 aliphatic rings. The highest BCUT2D eigenvalue weighted by molar-refractivity contribution is 6.30. The van der Waals surface area contributed by atoms with E-state index >= 15 is 0 Å². The van der Waals surface area contributed by atoms with E-state index in [4.69, 9.17) is 11.6 Å². The van der Waals surface area contributed by atoms with Gasteiger partial charge in [0, 0.05) is 45.3 Å². The minimum Gasteiger partial charge on any atom is -0.341 e. The summed E-state index contributed by atoms with van der Waals surface area (Å²) < 4.78 is 80.3. The highest BCUT2D eigenvalue weighted by Crippen LogP contribution is 2.37. The number of alkyl halides is 6. The van der Waals surface area contributed by atoms with Crippen molar-refractivity contribution in [2.24, 2.45) is 7.05 Å². The minimum absolute atomic E-state index is 0.0622. The molecule has 0 spiro atoms. The van der Waals surface area contributed by atoms with Crippen molar-refractivity contribution < 1.29 is 31.1 Å². The molecular weight excluding hydrogens is 474 g/mol. The highest BCUT2D eigenvalue weighted by atomic mass is 35.5. The predicted octanol–water partition coefficient (Wildman–Crippen LogP) is 4.70. The first kappa shape index (κ1) is 25.4. The van der Waals surface area contributed by atoms with E-state index in [0.29, 0.717) is 43.8 Å². The molecule has 1 fully saturated rings. The first-order valence-electron chi connectivity index (χ1n) is 10.2. The molecule has 1 aromatic carbocycles. The van der Waals surface area contributed by atoms with Gasteiger partial charge in [0.05, 0.1) is 23.2 Å². The van der Waals surface area contributed by atoms with Crippen LogP contribution in [0.25, 0.3) is 0 Å². The minimum atomic E-state index is -5.01. The van der Waals surface area contributed by atoms with Gasteiger partial charge in [0.1, 0.15) is 5.15 Å². The van der Waals surface area contributed by atoms with Crippen LogP contribution in [0, 0.1) is 6.92 Å². The lowest BCUT2D eigenvalue weighted by molar-refractivity contribution is -0.143. The Kier molecular flexibility index (Phi) is 7.33. The Bertz CT molecular complexity index is 1020. The lowest BCUT2D eigenvalue weighted by Gasteiger charge is -2.23. The van der Waals surface area contributed by atoms with Crippen LogP contribution in [-0.4, -0.2) is 51.7 Å². The predicted molar refractivity (Wildman–Crippen MR) is 110 cm³/mol. The van der Waals surface area contributed by atoms with E-state index in [1.165, 1.54) is 4.90 Å². The van der Waals surface area contributed by atoms with Gasteiger partial charge in [-0.1, -0.05) is 17.7 Å². The van der Waals surface area contributed by atoms with Gasteiger partial charge in [0.2, 0.25) is 5.91 Å². The molecule has 0 saturated carbocycles. The third-order valence-corrected chi connectivity index (χ3v) is 6.15. The molecular formula is C21H23ClF6N4O. The van der Waals surface area contributed by atoms with E-state index in [-0.39, 0.29) is 12.6 Å². The summed E-state index contributed by atoms with van der Waals surface area (Å²) in [6.07, 6.45) is -9.94. The van der Waals surface area contributed by atoms with Gasteiger partial charge < -0.3 is 4.90 Å². The van der Waals surface area contributed by atoms with Crippen LogP contribution in [0.3, 0.4) is 0 Å². The highest BCUT2D eigenvalue weighted by Gasteiger charge is 2.38. The van der Waals surface area contributed by atoms with Gasteiger partial charge in [-0.25, -0.2) is 0 Å². The Morgan fingerprint density at radius 1 is 1.06 bits per heavy atom. The molecule has 1 saturated heterocycles. The lowest BCUT2D eigenvalue weighted by atomic mass is 10.00. The average Bonchev–Trinajstić information content (AvgIpc) is 2.88. The van der Waals surface area contributed by atoms with Gasteiger partial charge in [-0.05, 0) is 31.0 Å². The number of aromatic nitrogens is 2. The van der Waals surface area contributed by atoms with Crippen molar-refractivity contribution in [1.82, 2.24) is 19.6 Å². The monoisotopic (exact) mass is 496 g/mol. The van der Waals surface area contributed by atoms with Crippen LogP contribution in [0.1, 0.15) is 34.4 Å². The van der Waals surface area contributed by atoms with Crippen molar-refractivity contribution in [3.8, 4) is 0 Å². The van der Waals surface area contributed by atoms with E-state index in [9.17, 15) is 31.1 Å². The molecule has 0 radical (unpaired) electrons. The van der Waals surface area contributed by atoms with Crippen molar-refractivity contribution in [3.63, 3.8) is 0 Å². The second kappa shape index (κ2) is 9.54. The topological polar surface area (TPSA) is 41.4 Å². The summed E-state index contributed by atoms with van der Waals surface area (Å²) in [5.41, 5.74) is -1.65. The molecule has 0 unspecified atom stereocenters. The summed E-state index contributed by atoms with van der Waals surface area (Å²) in [7, 11) is 1.73. The Balaban J connectivity index is 1.70. The van der Waals surface area contributed by atoms with Crippen LogP contribution in [0.4, 0.5) is 26.3 Å². The number of carbonyl (C=O) groups excluding carboxylic acids is 1. The van der Waals surface area contributed by atoms with Crippen LogP contribution in [0.2, 0.25) is 5.15 Å². The maximum atomic E-state index is 13.4. The zero-order chi connectivity index (χ0) is 24.6. The largest absolute Gasteiger partial charge is 0.416 e. The Morgan fingerprint density at radius 3 is 2.33 bits per heavy atom. The van der Waals surface area contributed by atoms with Crippen LogP contribution in [0.15, 0.2) is 18.2 Å². The van der Waals surface area contributed by atoms with E-state index in [1.54, 1.807) is 11.7 Å². The number of hydrogen-bond donors (Lipinski definition) is 0. The normalized spacial score (nSPS) is 16.2. The Morgan fingerprint density at radius 2 is 1.76 bits per heavy atom. The number of hydrogen-bond acceptors (Lipinski definition) is 3. The van der Waals surface area contributed by atoms with Crippen molar-refractivity contribution >= 4 is 17.5 Å². The number of amides is 1. The Labute approximate surface area is 191 Å². The summed E-state index contributed by atoms with van der Waals surface area (Å²) in [5, 5.41) is 4.79. The smallest absolute Gasteiger partial charge is 0.341 e. The molecule has 33 heavy (non-hydrogen) atoms. The van der Waals surface area contributed by atoms with Gasteiger partial charge >= 0.3 is 12.4 Å². The molecule has 1 amide bonds. The number of aryl methyl sites for hydroxylation is 2. The van der Waals surface area contributed by atoms with Crippen molar-refractivity contribution in [2.75, 3.05) is 26.2 Å². The number of nitrogens with zero attached hydrogens (tertiary/aromatic N) is 4. The zero-order valence-corrected chi connectivity index (χ0v) is 18.8. The van der Waals surface area contributed by atoms with E-state index in [1.807, 2.05) is 6.92 Å². The molecule has 3 rings (SSSR count).